The Bertz CT molecular complexity index is 680. The van der Waals surface area contributed by atoms with Gasteiger partial charge in [0.2, 0.25) is 0 Å². The van der Waals surface area contributed by atoms with E-state index in [0.29, 0.717) is 5.92 Å². The molecular weight excluding hydrogens is 269 g/mol. The number of alkyl halides is 3. The highest BCUT2D eigenvalue weighted by Crippen LogP contribution is 2.32. The van der Waals surface area contributed by atoms with Gasteiger partial charge in [-0.25, -0.2) is 4.68 Å². The van der Waals surface area contributed by atoms with E-state index in [4.69, 9.17) is 0 Å². The zero-order chi connectivity index (χ0) is 14.3. The maximum atomic E-state index is 12.7. The van der Waals surface area contributed by atoms with Gasteiger partial charge in [-0.15, -0.1) is 0 Å². The molecule has 1 aliphatic carbocycles. The van der Waals surface area contributed by atoms with E-state index in [0.717, 1.165) is 41.8 Å². The monoisotopic (exact) mass is 282 g/mol. The van der Waals surface area contributed by atoms with Crippen molar-refractivity contribution in [3.63, 3.8) is 0 Å². The summed E-state index contributed by atoms with van der Waals surface area (Å²) >= 11 is 0. The summed E-state index contributed by atoms with van der Waals surface area (Å²) in [5, 5.41) is 2.88. The fourth-order valence-electron chi connectivity index (χ4n) is 2.20. The van der Waals surface area contributed by atoms with E-state index in [1.165, 1.54) is 18.2 Å². The average molecular weight is 282 g/mol. The van der Waals surface area contributed by atoms with E-state index in [9.17, 15) is 18.0 Å². The van der Waals surface area contributed by atoms with Gasteiger partial charge in [0.05, 0.1) is 11.3 Å². The smallest absolute Gasteiger partial charge is 0.295 e. The molecule has 0 atom stereocenters. The molecule has 6 heteroatoms. The van der Waals surface area contributed by atoms with Gasteiger partial charge in [0.25, 0.3) is 5.56 Å². The maximum absolute atomic E-state index is 12.7. The summed E-state index contributed by atoms with van der Waals surface area (Å²) < 4.78 is 39.2. The predicted molar refractivity (Wildman–Crippen MR) is 67.8 cm³/mol. The highest BCUT2D eigenvalue weighted by Gasteiger charge is 2.30. The van der Waals surface area contributed by atoms with Gasteiger partial charge in [-0.2, -0.15) is 13.2 Å². The summed E-state index contributed by atoms with van der Waals surface area (Å²) in [6.07, 6.45) is -1.34. The molecule has 1 N–H and O–H groups in total. The molecule has 1 heterocycles. The first-order valence-corrected chi connectivity index (χ1v) is 6.42. The molecule has 1 saturated carbocycles. The van der Waals surface area contributed by atoms with E-state index in [1.54, 1.807) is 0 Å². The SMILES string of the molecule is O=c1cc(CC2CC2)[nH]n1-c1cccc(C(F)(F)F)c1. The Kier molecular flexibility index (Phi) is 2.96. The molecule has 1 aliphatic rings. The number of aromatic amines is 1. The van der Waals surface area contributed by atoms with Crippen LogP contribution >= 0.6 is 0 Å². The van der Waals surface area contributed by atoms with Crippen LogP contribution in [-0.2, 0) is 12.6 Å². The molecule has 0 aliphatic heterocycles. The summed E-state index contributed by atoms with van der Waals surface area (Å²) in [7, 11) is 0. The van der Waals surface area contributed by atoms with E-state index >= 15 is 0 Å². The lowest BCUT2D eigenvalue weighted by atomic mass is 10.2. The van der Waals surface area contributed by atoms with Crippen molar-refractivity contribution in [1.82, 2.24) is 9.78 Å². The molecule has 106 valence electrons. The molecule has 1 fully saturated rings. The minimum atomic E-state index is -4.41. The van der Waals surface area contributed by atoms with Crippen molar-refractivity contribution < 1.29 is 13.2 Å². The van der Waals surface area contributed by atoms with Crippen LogP contribution in [0.25, 0.3) is 5.69 Å². The standard InChI is InChI=1S/C14H13F3N2O/c15-14(16,17)10-2-1-3-12(7-10)19-13(20)8-11(18-19)6-9-4-5-9/h1-3,7-9,18H,4-6H2. The Morgan fingerprint density at radius 3 is 2.65 bits per heavy atom. The van der Waals surface area contributed by atoms with Crippen LogP contribution in [0, 0.1) is 5.92 Å². The fourth-order valence-corrected chi connectivity index (χ4v) is 2.20. The minimum absolute atomic E-state index is 0.201. The lowest BCUT2D eigenvalue weighted by Gasteiger charge is -2.08. The highest BCUT2D eigenvalue weighted by molar-refractivity contribution is 5.36. The number of H-pyrrole nitrogens is 1. The van der Waals surface area contributed by atoms with Crippen molar-refractivity contribution >= 4 is 0 Å². The third-order valence-electron chi connectivity index (χ3n) is 3.41. The first kappa shape index (κ1) is 13.0. The van der Waals surface area contributed by atoms with Gasteiger partial charge < -0.3 is 0 Å². The van der Waals surface area contributed by atoms with Crippen LogP contribution in [0.15, 0.2) is 35.1 Å². The van der Waals surface area contributed by atoms with Gasteiger partial charge in [-0.1, -0.05) is 6.07 Å². The predicted octanol–water partition coefficient (Wildman–Crippen LogP) is 3.14. The van der Waals surface area contributed by atoms with Crippen molar-refractivity contribution in [2.45, 2.75) is 25.4 Å². The second-order valence-electron chi connectivity index (χ2n) is 5.15. The van der Waals surface area contributed by atoms with Gasteiger partial charge in [0, 0.05) is 11.8 Å². The number of rotatable bonds is 3. The Balaban J connectivity index is 1.96. The number of hydrogen-bond donors (Lipinski definition) is 1. The van der Waals surface area contributed by atoms with Crippen LogP contribution in [0.5, 0.6) is 0 Å². The van der Waals surface area contributed by atoms with Crippen molar-refractivity contribution in [1.29, 1.82) is 0 Å². The Morgan fingerprint density at radius 2 is 2.00 bits per heavy atom. The molecule has 20 heavy (non-hydrogen) atoms. The first-order chi connectivity index (χ1) is 9.43. The molecule has 1 aromatic carbocycles. The zero-order valence-electron chi connectivity index (χ0n) is 10.6. The Hall–Kier alpha value is -1.98. The summed E-state index contributed by atoms with van der Waals surface area (Å²) in [6.45, 7) is 0. The molecule has 0 amide bonds. The van der Waals surface area contributed by atoms with Crippen LogP contribution in [0.1, 0.15) is 24.1 Å². The maximum Gasteiger partial charge on any atom is 0.416 e. The van der Waals surface area contributed by atoms with Crippen molar-refractivity contribution in [3.05, 3.63) is 51.9 Å². The molecule has 0 saturated heterocycles. The highest BCUT2D eigenvalue weighted by atomic mass is 19.4. The second-order valence-corrected chi connectivity index (χ2v) is 5.15. The Morgan fingerprint density at radius 1 is 1.25 bits per heavy atom. The van der Waals surface area contributed by atoms with Crippen LogP contribution in [0.2, 0.25) is 0 Å². The largest absolute Gasteiger partial charge is 0.416 e. The first-order valence-electron chi connectivity index (χ1n) is 6.42. The lowest BCUT2D eigenvalue weighted by molar-refractivity contribution is -0.137. The van der Waals surface area contributed by atoms with E-state index < -0.39 is 11.7 Å². The van der Waals surface area contributed by atoms with Crippen molar-refractivity contribution in [3.8, 4) is 5.69 Å². The molecule has 3 nitrogen and oxygen atoms in total. The van der Waals surface area contributed by atoms with E-state index in [-0.39, 0.29) is 11.2 Å². The summed E-state index contributed by atoms with van der Waals surface area (Å²) in [5.74, 6) is 0.600. The topological polar surface area (TPSA) is 37.8 Å². The van der Waals surface area contributed by atoms with Crippen molar-refractivity contribution in [2.24, 2.45) is 5.92 Å². The number of aromatic nitrogens is 2. The van der Waals surface area contributed by atoms with E-state index in [2.05, 4.69) is 5.10 Å². The van der Waals surface area contributed by atoms with Crippen LogP contribution < -0.4 is 5.56 Å². The normalized spacial score (nSPS) is 15.6. The number of nitrogens with one attached hydrogen (secondary N) is 1. The summed E-state index contributed by atoms with van der Waals surface area (Å²) in [6, 6.07) is 6.19. The van der Waals surface area contributed by atoms with Crippen molar-refractivity contribution in [2.75, 3.05) is 0 Å². The minimum Gasteiger partial charge on any atom is -0.295 e. The quantitative estimate of drug-likeness (QED) is 0.922. The summed E-state index contributed by atoms with van der Waals surface area (Å²) in [5.41, 5.74) is -0.123. The summed E-state index contributed by atoms with van der Waals surface area (Å²) in [4.78, 5) is 11.9. The number of nitrogens with zero attached hydrogens (tertiary/aromatic N) is 1. The van der Waals surface area contributed by atoms with Gasteiger partial charge in [0.1, 0.15) is 0 Å². The second kappa shape index (κ2) is 4.54. The number of hydrogen-bond acceptors (Lipinski definition) is 1. The number of benzene rings is 1. The van der Waals surface area contributed by atoms with Gasteiger partial charge >= 0.3 is 6.18 Å². The van der Waals surface area contributed by atoms with Crippen LogP contribution in [0.4, 0.5) is 13.2 Å². The van der Waals surface area contributed by atoms with Gasteiger partial charge in [-0.05, 0) is 43.4 Å². The average Bonchev–Trinajstić information content (AvgIpc) is 3.11. The van der Waals surface area contributed by atoms with E-state index in [1.807, 2.05) is 0 Å². The molecule has 0 bridgehead atoms. The van der Waals surface area contributed by atoms with Crippen LogP contribution in [-0.4, -0.2) is 9.78 Å². The Labute approximate surface area is 113 Å². The zero-order valence-corrected chi connectivity index (χ0v) is 10.6. The van der Waals surface area contributed by atoms with Gasteiger partial charge in [-0.3, -0.25) is 9.89 Å². The third-order valence-corrected chi connectivity index (χ3v) is 3.41. The third kappa shape index (κ3) is 2.64. The lowest BCUT2D eigenvalue weighted by Crippen LogP contribution is -2.14. The van der Waals surface area contributed by atoms with Gasteiger partial charge in [0.15, 0.2) is 0 Å². The molecule has 3 rings (SSSR count). The molecule has 0 spiro atoms. The fraction of sp³-hybridized carbons (Fsp3) is 0.357. The molecule has 1 aromatic heterocycles. The van der Waals surface area contributed by atoms with Crippen LogP contribution in [0.3, 0.4) is 0 Å². The molecular formula is C14H13F3N2O. The molecule has 0 unspecified atom stereocenters. The molecule has 2 aromatic rings. The number of halogens is 3. The molecule has 0 radical (unpaired) electrons.